The van der Waals surface area contributed by atoms with Crippen molar-refractivity contribution < 1.29 is 32.9 Å². The maximum absolute atomic E-state index is 16.3. The van der Waals surface area contributed by atoms with Gasteiger partial charge >= 0.3 is 0 Å². The first-order chi connectivity index (χ1) is 20.6. The predicted octanol–water partition coefficient (Wildman–Crippen LogP) is 4.29. The van der Waals surface area contributed by atoms with Crippen LogP contribution in [-0.2, 0) is 23.7 Å². The molecule has 0 aromatic heterocycles. The lowest BCUT2D eigenvalue weighted by Gasteiger charge is -2.30. The van der Waals surface area contributed by atoms with Gasteiger partial charge in [-0.2, -0.15) is 10.2 Å². The number of hydrazone groups is 2. The van der Waals surface area contributed by atoms with Gasteiger partial charge < -0.3 is 23.7 Å². The summed E-state index contributed by atoms with van der Waals surface area (Å²) in [6.45, 7) is 1.80. The van der Waals surface area contributed by atoms with Gasteiger partial charge in [0.2, 0.25) is 0 Å². The fourth-order valence-corrected chi connectivity index (χ4v) is 6.42. The number of allylic oxidation sites excluding steroid dienone is 2. The lowest BCUT2D eigenvalue weighted by molar-refractivity contribution is -0.220. The van der Waals surface area contributed by atoms with Gasteiger partial charge in [0, 0.05) is 30.6 Å². The van der Waals surface area contributed by atoms with E-state index in [4.69, 9.17) is 28.8 Å². The van der Waals surface area contributed by atoms with Crippen molar-refractivity contribution >= 4 is 17.8 Å². The molecule has 42 heavy (non-hydrogen) atoms. The van der Waals surface area contributed by atoms with Gasteiger partial charge in [0.05, 0.1) is 19.4 Å². The van der Waals surface area contributed by atoms with Crippen LogP contribution in [-0.4, -0.2) is 91.4 Å². The summed E-state index contributed by atoms with van der Waals surface area (Å²) in [7, 11) is 0. The van der Waals surface area contributed by atoms with Crippen molar-refractivity contribution in [1.82, 2.24) is 10.0 Å². The number of alkyl halides is 1. The Morgan fingerprint density at radius 3 is 2.57 bits per heavy atom. The molecule has 6 atom stereocenters. The molecular formula is C31H37FN4O6. The third kappa shape index (κ3) is 5.68. The molecule has 6 aliphatic rings. The Labute approximate surface area is 244 Å². The summed E-state index contributed by atoms with van der Waals surface area (Å²) in [5, 5.41) is 12.3. The Balaban J connectivity index is 1.11. The Bertz CT molecular complexity index is 1270. The fraction of sp³-hybridized carbons (Fsp3) is 0.581. The molecule has 5 aliphatic heterocycles. The summed E-state index contributed by atoms with van der Waals surface area (Å²) in [4.78, 5) is 13.2. The SMILES string of the molecule is O=C(c1ccccc1)N1CC2=C3C(=CN([C@@H]4O[C@H](COC5CCCCO5)[C@@H](OC5CCCCO5)[C@H]4F)N=C3C=N1)CC2. The van der Waals surface area contributed by atoms with Gasteiger partial charge in [-0.3, -0.25) is 4.79 Å². The molecule has 7 rings (SSSR count). The number of carbonyl (C=O) groups is 1. The van der Waals surface area contributed by atoms with Crippen LogP contribution in [0.5, 0.6) is 0 Å². The van der Waals surface area contributed by atoms with Crippen LogP contribution in [0, 0.1) is 0 Å². The first kappa shape index (κ1) is 27.8. The first-order valence-corrected chi connectivity index (χ1v) is 15.1. The van der Waals surface area contributed by atoms with E-state index in [1.807, 2.05) is 24.4 Å². The number of carbonyl (C=O) groups excluding carboxylic acids is 1. The Morgan fingerprint density at radius 1 is 1.02 bits per heavy atom. The number of hydrogen-bond acceptors (Lipinski definition) is 9. The summed E-state index contributed by atoms with van der Waals surface area (Å²) >= 11 is 0. The van der Waals surface area contributed by atoms with Crippen LogP contribution in [0.15, 0.2) is 63.5 Å². The van der Waals surface area contributed by atoms with Crippen molar-refractivity contribution in [3.63, 3.8) is 0 Å². The number of hydrogen-bond donors (Lipinski definition) is 0. The zero-order valence-electron chi connectivity index (χ0n) is 23.6. The summed E-state index contributed by atoms with van der Waals surface area (Å²) in [6, 6.07) is 9.11. The van der Waals surface area contributed by atoms with E-state index in [-0.39, 0.29) is 18.8 Å². The maximum Gasteiger partial charge on any atom is 0.274 e. The Hall–Kier alpha value is -2.96. The van der Waals surface area contributed by atoms with Gasteiger partial charge in [-0.25, -0.2) is 14.4 Å². The van der Waals surface area contributed by atoms with E-state index in [0.717, 1.165) is 68.1 Å². The van der Waals surface area contributed by atoms with Gasteiger partial charge in [0.1, 0.15) is 17.9 Å². The van der Waals surface area contributed by atoms with Crippen molar-refractivity contribution in [2.75, 3.05) is 26.4 Å². The molecule has 10 nitrogen and oxygen atoms in total. The van der Waals surface area contributed by atoms with Gasteiger partial charge in [0.15, 0.2) is 25.0 Å². The van der Waals surface area contributed by atoms with Crippen LogP contribution >= 0.6 is 0 Å². The van der Waals surface area contributed by atoms with E-state index in [0.29, 0.717) is 31.0 Å². The van der Waals surface area contributed by atoms with Crippen LogP contribution < -0.4 is 0 Å². The molecule has 0 bridgehead atoms. The minimum absolute atomic E-state index is 0.146. The van der Waals surface area contributed by atoms with E-state index >= 15 is 4.39 Å². The molecule has 1 aromatic carbocycles. The quantitative estimate of drug-likeness (QED) is 0.475. The molecule has 5 heterocycles. The third-order valence-corrected chi connectivity index (χ3v) is 8.61. The van der Waals surface area contributed by atoms with E-state index in [2.05, 4.69) is 5.10 Å². The Kier molecular flexibility index (Phi) is 8.18. The van der Waals surface area contributed by atoms with Crippen LogP contribution in [0.25, 0.3) is 0 Å². The molecular weight excluding hydrogens is 543 g/mol. The highest BCUT2D eigenvalue weighted by molar-refractivity contribution is 6.40. The molecule has 1 amide bonds. The van der Waals surface area contributed by atoms with E-state index < -0.39 is 30.9 Å². The maximum atomic E-state index is 16.3. The van der Waals surface area contributed by atoms with E-state index in [1.54, 1.807) is 23.4 Å². The van der Waals surface area contributed by atoms with Crippen LogP contribution in [0.1, 0.15) is 61.7 Å². The molecule has 1 aliphatic carbocycles. The zero-order chi connectivity index (χ0) is 28.5. The molecule has 0 radical (unpaired) electrons. The predicted molar refractivity (Wildman–Crippen MR) is 151 cm³/mol. The first-order valence-electron chi connectivity index (χ1n) is 15.1. The lowest BCUT2D eigenvalue weighted by Crippen LogP contribution is -2.42. The molecule has 0 N–H and O–H groups in total. The van der Waals surface area contributed by atoms with Crippen LogP contribution in [0.2, 0.25) is 0 Å². The molecule has 0 saturated carbocycles. The van der Waals surface area contributed by atoms with Crippen LogP contribution in [0.4, 0.5) is 4.39 Å². The number of amides is 1. The van der Waals surface area contributed by atoms with Crippen molar-refractivity contribution in [3.8, 4) is 0 Å². The smallest absolute Gasteiger partial charge is 0.274 e. The number of benzene rings is 1. The van der Waals surface area contributed by atoms with Crippen molar-refractivity contribution in [2.45, 2.75) is 88.6 Å². The molecule has 3 saturated heterocycles. The second-order valence-electron chi connectivity index (χ2n) is 11.5. The topological polar surface area (TPSA) is 94.4 Å². The normalized spacial score (nSPS) is 32.9. The molecule has 0 spiro atoms. The second kappa shape index (κ2) is 12.3. The van der Waals surface area contributed by atoms with Gasteiger partial charge in [0.25, 0.3) is 5.91 Å². The van der Waals surface area contributed by atoms with Crippen LogP contribution in [0.3, 0.4) is 0 Å². The standard InChI is InChI=1S/C31H37FN4O6/c32-28-29(42-26-11-5-7-15-39-26)24(19-40-25-10-4-6-14-38-25)41-31(28)36-18-22-13-12-21-17-35(33-16-23(34-36)27(21)22)30(37)20-8-2-1-3-9-20/h1-3,8-9,16,18,24-26,28-29,31H,4-7,10-15,17,19H2/t24-,25?,26?,28-,29-,31-/m1/s1. The summed E-state index contributed by atoms with van der Waals surface area (Å²) in [5.74, 6) is -0.175. The summed E-state index contributed by atoms with van der Waals surface area (Å²) in [6.07, 6.45) is 5.70. The fourth-order valence-electron chi connectivity index (χ4n) is 6.42. The van der Waals surface area contributed by atoms with Crippen molar-refractivity contribution in [2.24, 2.45) is 10.2 Å². The Morgan fingerprint density at radius 2 is 1.81 bits per heavy atom. The third-order valence-electron chi connectivity index (χ3n) is 8.61. The molecule has 11 heteroatoms. The highest BCUT2D eigenvalue weighted by Crippen LogP contribution is 2.40. The number of ether oxygens (including phenoxy) is 5. The van der Waals surface area contributed by atoms with Crippen molar-refractivity contribution in [3.05, 3.63) is 58.8 Å². The monoisotopic (exact) mass is 580 g/mol. The molecule has 3 fully saturated rings. The van der Waals surface area contributed by atoms with Gasteiger partial charge in [-0.05, 0) is 74.6 Å². The average molecular weight is 581 g/mol. The minimum atomic E-state index is -1.50. The largest absolute Gasteiger partial charge is 0.353 e. The molecule has 2 unspecified atom stereocenters. The van der Waals surface area contributed by atoms with Crippen molar-refractivity contribution in [1.29, 1.82) is 0 Å². The number of rotatable bonds is 7. The minimum Gasteiger partial charge on any atom is -0.353 e. The lowest BCUT2D eigenvalue weighted by atomic mass is 10.0. The highest BCUT2D eigenvalue weighted by Gasteiger charge is 2.51. The second-order valence-corrected chi connectivity index (χ2v) is 11.5. The molecule has 224 valence electrons. The average Bonchev–Trinajstić information content (AvgIpc) is 3.52. The molecule has 1 aromatic rings. The summed E-state index contributed by atoms with van der Waals surface area (Å²) < 4.78 is 46.3. The van der Waals surface area contributed by atoms with E-state index in [9.17, 15) is 4.79 Å². The summed E-state index contributed by atoms with van der Waals surface area (Å²) in [5.41, 5.74) is 4.30. The zero-order valence-corrected chi connectivity index (χ0v) is 23.6. The van der Waals surface area contributed by atoms with Gasteiger partial charge in [-0.15, -0.1) is 0 Å². The van der Waals surface area contributed by atoms with E-state index in [1.165, 1.54) is 5.01 Å². The van der Waals surface area contributed by atoms with Gasteiger partial charge in [-0.1, -0.05) is 18.2 Å². The number of halogens is 1. The highest BCUT2D eigenvalue weighted by atomic mass is 19.1. The number of nitrogens with zero attached hydrogens (tertiary/aromatic N) is 4.